The molecule has 0 bridgehead atoms. The summed E-state index contributed by atoms with van der Waals surface area (Å²) in [5.41, 5.74) is 3.44. The van der Waals surface area contributed by atoms with Gasteiger partial charge >= 0.3 is 6.03 Å². The van der Waals surface area contributed by atoms with Crippen LogP contribution in [0.5, 0.6) is 5.88 Å². The number of carbonyl (C=O) groups excluding carboxylic acids is 1. The molecule has 4 rings (SSSR count). The normalized spacial score (nSPS) is 13.1. The first-order valence-electron chi connectivity index (χ1n) is 9.26. The Morgan fingerprint density at radius 1 is 1.24 bits per heavy atom. The summed E-state index contributed by atoms with van der Waals surface area (Å²) in [6.07, 6.45) is 5.49. The molecule has 0 aliphatic carbocycles. The maximum absolute atomic E-state index is 13.0. The molecule has 3 aromatic heterocycles. The van der Waals surface area contributed by atoms with E-state index in [1.807, 2.05) is 31.2 Å². The summed E-state index contributed by atoms with van der Waals surface area (Å²) in [5.74, 6) is 1.21. The van der Waals surface area contributed by atoms with Crippen molar-refractivity contribution in [2.24, 2.45) is 0 Å². The molecule has 148 valence electrons. The Hall–Kier alpha value is -3.75. The fourth-order valence-electron chi connectivity index (χ4n) is 3.11. The van der Waals surface area contributed by atoms with E-state index in [9.17, 15) is 4.79 Å². The summed E-state index contributed by atoms with van der Waals surface area (Å²) in [6.45, 7) is 3.21. The summed E-state index contributed by atoms with van der Waals surface area (Å²) in [4.78, 5) is 31.9. The zero-order chi connectivity index (χ0) is 20.2. The topological polar surface area (TPSA) is 105 Å². The van der Waals surface area contributed by atoms with Gasteiger partial charge in [-0.1, -0.05) is 0 Å². The van der Waals surface area contributed by atoms with Gasteiger partial charge in [-0.2, -0.15) is 4.98 Å². The first-order chi connectivity index (χ1) is 14.1. The molecule has 1 aliphatic heterocycles. The van der Waals surface area contributed by atoms with Crippen LogP contribution in [0.3, 0.4) is 0 Å². The van der Waals surface area contributed by atoms with Gasteiger partial charge in [0.1, 0.15) is 0 Å². The predicted molar refractivity (Wildman–Crippen MR) is 110 cm³/mol. The fraction of sp³-hybridized carbons (Fsp3) is 0.250. The molecule has 0 unspecified atom stereocenters. The van der Waals surface area contributed by atoms with Gasteiger partial charge in [-0.25, -0.2) is 9.78 Å². The predicted octanol–water partition coefficient (Wildman–Crippen LogP) is 3.10. The quantitative estimate of drug-likeness (QED) is 0.707. The number of pyridine rings is 2. The Morgan fingerprint density at radius 2 is 2.14 bits per heavy atom. The number of amides is 2. The molecule has 0 aromatic carbocycles. The van der Waals surface area contributed by atoms with Gasteiger partial charge in [-0.05, 0) is 37.6 Å². The Kier molecular flexibility index (Phi) is 5.19. The number of hydrogen-bond acceptors (Lipinski definition) is 7. The number of nitrogens with one attached hydrogen (secondary N) is 2. The van der Waals surface area contributed by atoms with Crippen LogP contribution in [-0.4, -0.2) is 46.2 Å². The first-order valence-corrected chi connectivity index (χ1v) is 9.26. The van der Waals surface area contributed by atoms with Crippen molar-refractivity contribution in [3.63, 3.8) is 0 Å². The molecular weight excluding hydrogens is 370 g/mol. The van der Waals surface area contributed by atoms with E-state index in [4.69, 9.17) is 9.72 Å². The van der Waals surface area contributed by atoms with Gasteiger partial charge in [-0.3, -0.25) is 20.2 Å². The van der Waals surface area contributed by atoms with Gasteiger partial charge < -0.3 is 10.1 Å². The monoisotopic (exact) mass is 391 g/mol. The third kappa shape index (κ3) is 4.08. The molecular formula is C20H21N7O2. The highest BCUT2D eigenvalue weighted by Crippen LogP contribution is 2.30. The summed E-state index contributed by atoms with van der Waals surface area (Å²) >= 11 is 0. The average Bonchev–Trinajstić information content (AvgIpc) is 2.96. The Balaban J connectivity index is 1.66. The lowest BCUT2D eigenvalue weighted by Gasteiger charge is -2.22. The van der Waals surface area contributed by atoms with E-state index in [0.29, 0.717) is 24.1 Å². The lowest BCUT2D eigenvalue weighted by Crippen LogP contribution is -2.36. The minimum absolute atomic E-state index is 0.314. The number of anilines is 3. The van der Waals surface area contributed by atoms with Crippen LogP contribution in [0.4, 0.5) is 22.1 Å². The summed E-state index contributed by atoms with van der Waals surface area (Å²) in [6, 6.07) is 7.44. The van der Waals surface area contributed by atoms with Crippen LogP contribution in [0.25, 0.3) is 11.3 Å². The van der Waals surface area contributed by atoms with Crippen molar-refractivity contribution >= 4 is 23.4 Å². The number of hydrogen-bond donors (Lipinski definition) is 2. The molecule has 9 heteroatoms. The second-order valence-electron chi connectivity index (χ2n) is 6.56. The third-order valence-corrected chi connectivity index (χ3v) is 4.50. The lowest BCUT2D eigenvalue weighted by atomic mass is 10.1. The van der Waals surface area contributed by atoms with Crippen LogP contribution < -0.4 is 20.3 Å². The van der Waals surface area contributed by atoms with E-state index in [2.05, 4.69) is 25.6 Å². The molecule has 3 aromatic rings. The average molecular weight is 391 g/mol. The number of aryl methyl sites for hydroxylation is 1. The minimum atomic E-state index is -0.326. The van der Waals surface area contributed by atoms with Gasteiger partial charge in [0.2, 0.25) is 5.88 Å². The van der Waals surface area contributed by atoms with Crippen LogP contribution in [0, 0.1) is 6.92 Å². The molecule has 4 heterocycles. The number of rotatable bonds is 3. The summed E-state index contributed by atoms with van der Waals surface area (Å²) < 4.78 is 5.07. The van der Waals surface area contributed by atoms with E-state index < -0.39 is 0 Å². The van der Waals surface area contributed by atoms with Crippen molar-refractivity contribution in [2.75, 3.05) is 35.7 Å². The molecule has 0 saturated carbocycles. The number of carbonyl (C=O) groups is 1. The van der Waals surface area contributed by atoms with Gasteiger partial charge in [0.15, 0.2) is 11.6 Å². The van der Waals surface area contributed by atoms with Crippen LogP contribution >= 0.6 is 0 Å². The van der Waals surface area contributed by atoms with Crippen LogP contribution in [-0.2, 0) is 0 Å². The van der Waals surface area contributed by atoms with Gasteiger partial charge in [0.05, 0.1) is 30.9 Å². The first kappa shape index (κ1) is 18.6. The summed E-state index contributed by atoms with van der Waals surface area (Å²) in [5, 5.41) is 6.12. The molecule has 9 nitrogen and oxygen atoms in total. The number of ether oxygens (including phenoxy) is 1. The van der Waals surface area contributed by atoms with E-state index in [1.54, 1.807) is 11.1 Å². The largest absolute Gasteiger partial charge is 0.480 e. The highest BCUT2D eigenvalue weighted by molar-refractivity contribution is 6.02. The van der Waals surface area contributed by atoms with Crippen LogP contribution in [0.1, 0.15) is 12.1 Å². The number of urea groups is 1. The Bertz CT molecular complexity index is 1040. The van der Waals surface area contributed by atoms with E-state index in [-0.39, 0.29) is 6.03 Å². The van der Waals surface area contributed by atoms with Crippen molar-refractivity contribution in [3.8, 4) is 17.1 Å². The highest BCUT2D eigenvalue weighted by Gasteiger charge is 2.24. The Labute approximate surface area is 168 Å². The van der Waals surface area contributed by atoms with Crippen molar-refractivity contribution in [1.82, 2.24) is 19.9 Å². The van der Waals surface area contributed by atoms with E-state index in [0.717, 1.165) is 35.6 Å². The second-order valence-corrected chi connectivity index (χ2v) is 6.56. The van der Waals surface area contributed by atoms with Crippen LogP contribution in [0.2, 0.25) is 0 Å². The molecule has 2 N–H and O–H groups in total. The maximum Gasteiger partial charge on any atom is 0.328 e. The van der Waals surface area contributed by atoms with Crippen molar-refractivity contribution in [3.05, 3.63) is 48.5 Å². The van der Waals surface area contributed by atoms with E-state index >= 15 is 0 Å². The van der Waals surface area contributed by atoms with Crippen LogP contribution in [0.15, 0.2) is 42.9 Å². The molecule has 0 radical (unpaired) electrons. The number of nitrogens with zero attached hydrogens (tertiary/aromatic N) is 5. The van der Waals surface area contributed by atoms with Crippen molar-refractivity contribution in [2.45, 2.75) is 13.3 Å². The van der Waals surface area contributed by atoms with Gasteiger partial charge in [0, 0.05) is 30.5 Å². The van der Waals surface area contributed by atoms with Crippen molar-refractivity contribution < 1.29 is 9.53 Å². The SMILES string of the molecule is COc1cncc(NC(=O)N2CCCNc3ccc(-c4ccnc(C)c4)nc32)n1. The molecule has 2 amide bonds. The maximum atomic E-state index is 13.0. The number of methoxy groups -OCH3 is 1. The minimum Gasteiger partial charge on any atom is -0.480 e. The number of aromatic nitrogens is 4. The zero-order valence-electron chi connectivity index (χ0n) is 16.2. The van der Waals surface area contributed by atoms with E-state index in [1.165, 1.54) is 19.5 Å². The van der Waals surface area contributed by atoms with Crippen molar-refractivity contribution in [1.29, 1.82) is 0 Å². The summed E-state index contributed by atoms with van der Waals surface area (Å²) in [7, 11) is 1.50. The Morgan fingerprint density at radius 3 is 2.97 bits per heavy atom. The molecule has 0 atom stereocenters. The molecule has 0 saturated heterocycles. The number of fused-ring (bicyclic) bond motifs is 1. The lowest BCUT2D eigenvalue weighted by molar-refractivity contribution is 0.256. The molecule has 29 heavy (non-hydrogen) atoms. The van der Waals surface area contributed by atoms with Gasteiger partial charge in [-0.15, -0.1) is 0 Å². The zero-order valence-corrected chi connectivity index (χ0v) is 16.2. The second kappa shape index (κ2) is 8.09. The smallest absolute Gasteiger partial charge is 0.328 e. The molecule has 0 fully saturated rings. The standard InChI is InChI=1S/C20H21N7O2/c1-13-10-14(6-8-22-13)15-4-5-16-19(24-15)27(9-3-7-23-16)20(28)26-17-11-21-12-18(25-17)29-2/h4-6,8,10-12,23H,3,7,9H2,1-2H3,(H,25,26,28). The molecule has 0 spiro atoms. The molecule has 1 aliphatic rings. The third-order valence-electron chi connectivity index (χ3n) is 4.50. The highest BCUT2D eigenvalue weighted by atomic mass is 16.5. The fourth-order valence-corrected chi connectivity index (χ4v) is 3.11. The van der Waals surface area contributed by atoms with Gasteiger partial charge in [0.25, 0.3) is 0 Å².